The van der Waals surface area contributed by atoms with E-state index in [2.05, 4.69) is 23.2 Å². The molecule has 2 N–H and O–H groups in total. The van der Waals surface area contributed by atoms with E-state index in [0.29, 0.717) is 6.54 Å². The lowest BCUT2D eigenvalue weighted by Gasteiger charge is -1.80. The third-order valence-corrected chi connectivity index (χ3v) is 1.04. The van der Waals surface area contributed by atoms with Crippen molar-refractivity contribution in [3.05, 3.63) is 24.3 Å². The maximum absolute atomic E-state index is 8.37. The summed E-state index contributed by atoms with van der Waals surface area (Å²) in [5.41, 5.74) is 1.10. The standard InChI is InChI=1S/C8H13NO.CH3Cl/c1-3-8(2)4-5-9-6-7-10;1-2/h3-5,10H,1,6-7H2,2H3;1H3/p+1/b8-4-,9-5?;. The van der Waals surface area contributed by atoms with Gasteiger partial charge >= 0.3 is 0 Å². The molecule has 0 aliphatic rings. The Labute approximate surface area is 79.3 Å². The third-order valence-electron chi connectivity index (χ3n) is 1.04. The predicted molar refractivity (Wildman–Crippen MR) is 54.7 cm³/mol. The van der Waals surface area contributed by atoms with Crippen molar-refractivity contribution in [1.29, 1.82) is 0 Å². The van der Waals surface area contributed by atoms with Crippen LogP contribution in [0.15, 0.2) is 24.3 Å². The van der Waals surface area contributed by atoms with Gasteiger partial charge in [0, 0.05) is 12.5 Å². The van der Waals surface area contributed by atoms with Gasteiger partial charge in [-0.2, -0.15) is 0 Å². The molecule has 2 nitrogen and oxygen atoms in total. The summed E-state index contributed by atoms with van der Waals surface area (Å²) in [4.78, 5) is 2.90. The van der Waals surface area contributed by atoms with Gasteiger partial charge in [0.2, 0.25) is 0 Å². The van der Waals surface area contributed by atoms with Gasteiger partial charge in [0.05, 0.1) is 0 Å². The average molecular weight is 191 g/mol. The highest BCUT2D eigenvalue weighted by Crippen LogP contribution is 1.86. The van der Waals surface area contributed by atoms with E-state index in [1.807, 2.05) is 13.0 Å². The van der Waals surface area contributed by atoms with Gasteiger partial charge in [-0.1, -0.05) is 12.7 Å². The molecule has 70 valence electrons. The molecule has 0 fully saturated rings. The number of aliphatic hydroxyl groups is 1. The zero-order valence-corrected chi connectivity index (χ0v) is 8.43. The molecule has 0 radical (unpaired) electrons. The summed E-state index contributed by atoms with van der Waals surface area (Å²) in [5, 5.41) is 8.37. The summed E-state index contributed by atoms with van der Waals surface area (Å²) >= 11 is 4.64. The minimum atomic E-state index is 0.164. The highest BCUT2D eigenvalue weighted by molar-refractivity contribution is 6.15. The molecule has 0 spiro atoms. The maximum atomic E-state index is 8.37. The second-order valence-corrected chi connectivity index (χ2v) is 1.96. The van der Waals surface area contributed by atoms with Crippen molar-refractivity contribution in [1.82, 2.24) is 0 Å². The fourth-order valence-corrected chi connectivity index (χ4v) is 0.406. The highest BCUT2D eigenvalue weighted by atomic mass is 35.5. The third kappa shape index (κ3) is 12.1. The van der Waals surface area contributed by atoms with Gasteiger partial charge in [0.25, 0.3) is 0 Å². The Morgan fingerprint density at radius 2 is 2.17 bits per heavy atom. The van der Waals surface area contributed by atoms with Gasteiger partial charge in [-0.3, -0.25) is 0 Å². The van der Waals surface area contributed by atoms with Crippen LogP contribution in [-0.4, -0.2) is 30.9 Å². The molecule has 0 aromatic carbocycles. The first-order valence-corrected chi connectivity index (χ1v) is 4.41. The molecule has 0 aliphatic carbocycles. The van der Waals surface area contributed by atoms with E-state index < -0.39 is 0 Å². The number of rotatable bonds is 4. The molecule has 0 saturated heterocycles. The van der Waals surface area contributed by atoms with Crippen LogP contribution in [0.1, 0.15) is 6.92 Å². The fourth-order valence-electron chi connectivity index (χ4n) is 0.406. The van der Waals surface area contributed by atoms with Crippen LogP contribution >= 0.6 is 11.6 Å². The lowest BCUT2D eigenvalue weighted by atomic mass is 10.3. The molecular weight excluding hydrogens is 174 g/mol. The number of hydrogen-bond donors (Lipinski definition) is 2. The molecule has 0 aromatic rings. The van der Waals surface area contributed by atoms with Gasteiger partial charge in [-0.05, 0) is 12.5 Å². The van der Waals surface area contributed by atoms with Gasteiger partial charge in [-0.15, -0.1) is 11.6 Å². The van der Waals surface area contributed by atoms with Gasteiger partial charge < -0.3 is 5.11 Å². The number of alkyl halides is 1. The Hall–Kier alpha value is -0.600. The number of allylic oxidation sites excluding steroid dienone is 3. The molecule has 0 rings (SSSR count). The monoisotopic (exact) mass is 190 g/mol. The minimum Gasteiger partial charge on any atom is -0.390 e. The molecule has 0 saturated carbocycles. The van der Waals surface area contributed by atoms with E-state index in [1.54, 1.807) is 12.3 Å². The van der Waals surface area contributed by atoms with Crippen molar-refractivity contribution in [2.75, 3.05) is 19.5 Å². The zero-order valence-electron chi connectivity index (χ0n) is 7.68. The number of aliphatic hydroxyl groups excluding tert-OH is 1. The molecule has 12 heavy (non-hydrogen) atoms. The van der Waals surface area contributed by atoms with Gasteiger partial charge in [-0.25, -0.2) is 4.99 Å². The van der Waals surface area contributed by atoms with E-state index in [0.717, 1.165) is 5.57 Å². The highest BCUT2D eigenvalue weighted by Gasteiger charge is 1.79. The molecule has 0 heterocycles. The van der Waals surface area contributed by atoms with E-state index in [-0.39, 0.29) is 6.61 Å². The quantitative estimate of drug-likeness (QED) is 0.369. The van der Waals surface area contributed by atoms with E-state index in [9.17, 15) is 0 Å². The Morgan fingerprint density at radius 3 is 2.58 bits per heavy atom. The lowest BCUT2D eigenvalue weighted by molar-refractivity contribution is -0.454. The van der Waals surface area contributed by atoms with Crippen molar-refractivity contribution < 1.29 is 10.1 Å². The summed E-state index contributed by atoms with van der Waals surface area (Å²) in [5.74, 6) is 0. The number of halogens is 1. The van der Waals surface area contributed by atoms with Crippen molar-refractivity contribution in [3.63, 3.8) is 0 Å². The summed E-state index contributed by atoms with van der Waals surface area (Å²) < 4.78 is 0. The minimum absolute atomic E-state index is 0.164. The number of hydrogen-bond acceptors (Lipinski definition) is 1. The maximum Gasteiger partial charge on any atom is 0.163 e. The van der Waals surface area contributed by atoms with Crippen LogP contribution in [0.25, 0.3) is 0 Å². The van der Waals surface area contributed by atoms with Crippen LogP contribution in [0, 0.1) is 0 Å². The average Bonchev–Trinajstić information content (AvgIpc) is 2.15. The normalized spacial score (nSPS) is 10.8. The van der Waals surface area contributed by atoms with E-state index in [4.69, 9.17) is 5.11 Å². The van der Waals surface area contributed by atoms with Crippen LogP contribution in [0.2, 0.25) is 0 Å². The Morgan fingerprint density at radius 1 is 1.58 bits per heavy atom. The summed E-state index contributed by atoms with van der Waals surface area (Å²) in [6, 6.07) is 0. The lowest BCUT2D eigenvalue weighted by Crippen LogP contribution is -2.69. The summed E-state index contributed by atoms with van der Waals surface area (Å²) in [6.45, 7) is 6.32. The van der Waals surface area contributed by atoms with Crippen LogP contribution in [0.5, 0.6) is 0 Å². The van der Waals surface area contributed by atoms with Crippen molar-refractivity contribution >= 4 is 17.8 Å². The zero-order chi connectivity index (χ0) is 9.82. The second-order valence-electron chi connectivity index (χ2n) is 1.96. The Kier molecular flexibility index (Phi) is 15.1. The molecular formula is C9H17ClNO+. The Bertz CT molecular complexity index is 153. The van der Waals surface area contributed by atoms with Gasteiger partial charge in [0.1, 0.15) is 6.61 Å². The summed E-state index contributed by atoms with van der Waals surface area (Å²) in [6.07, 6.45) is 6.95. The van der Waals surface area contributed by atoms with Gasteiger partial charge in [0.15, 0.2) is 12.8 Å². The van der Waals surface area contributed by atoms with Crippen molar-refractivity contribution in [2.45, 2.75) is 6.92 Å². The molecule has 0 unspecified atom stereocenters. The van der Waals surface area contributed by atoms with Crippen LogP contribution in [0.3, 0.4) is 0 Å². The van der Waals surface area contributed by atoms with Crippen molar-refractivity contribution in [2.24, 2.45) is 0 Å². The second kappa shape index (κ2) is 13.0. The first kappa shape index (κ1) is 14.0. The fraction of sp³-hybridized carbons (Fsp3) is 0.444. The van der Waals surface area contributed by atoms with Crippen LogP contribution < -0.4 is 4.99 Å². The SMILES string of the molecule is C=C/C(C)=C\C=[NH+]CCO.CCl. The molecule has 3 heteroatoms. The molecule has 0 aliphatic heterocycles. The van der Waals surface area contributed by atoms with E-state index in [1.165, 1.54) is 6.38 Å². The van der Waals surface area contributed by atoms with Crippen LogP contribution in [0.4, 0.5) is 0 Å². The van der Waals surface area contributed by atoms with Crippen LogP contribution in [-0.2, 0) is 0 Å². The van der Waals surface area contributed by atoms with Crippen molar-refractivity contribution in [3.8, 4) is 0 Å². The largest absolute Gasteiger partial charge is 0.390 e. The molecule has 0 aromatic heterocycles. The molecule has 0 atom stereocenters. The molecule has 0 bridgehead atoms. The van der Waals surface area contributed by atoms with E-state index >= 15 is 0 Å². The molecule has 0 amide bonds. The topological polar surface area (TPSA) is 34.2 Å². The summed E-state index contributed by atoms with van der Waals surface area (Å²) in [7, 11) is 0. The predicted octanol–water partition coefficient (Wildman–Crippen LogP) is 0.117. The first-order valence-electron chi connectivity index (χ1n) is 3.66. The number of nitrogens with one attached hydrogen (secondary N) is 1. The smallest absolute Gasteiger partial charge is 0.163 e. The Balaban J connectivity index is 0. The first-order chi connectivity index (χ1) is 5.81.